The molecule has 2 atom stereocenters. The fourth-order valence-electron chi connectivity index (χ4n) is 3.03. The molecule has 1 N–H and O–H groups in total. The van der Waals surface area contributed by atoms with E-state index in [2.05, 4.69) is 27.1 Å². The van der Waals surface area contributed by atoms with Crippen LogP contribution in [0, 0.1) is 5.82 Å². The molecule has 0 radical (unpaired) electrons. The van der Waals surface area contributed by atoms with Crippen LogP contribution >= 0.6 is 47.1 Å². The van der Waals surface area contributed by atoms with Crippen molar-refractivity contribution in [1.82, 2.24) is 15.2 Å². The number of aliphatic imine (C=N–C) groups is 1. The summed E-state index contributed by atoms with van der Waals surface area (Å²) in [4.78, 5) is 10.9. The smallest absolute Gasteiger partial charge is 0.193 e. The number of thiazole rings is 1. The number of halogens is 2. The van der Waals surface area contributed by atoms with E-state index in [1.807, 2.05) is 11.6 Å². The first-order valence-corrected chi connectivity index (χ1v) is 10.9. The lowest BCUT2D eigenvalue weighted by Gasteiger charge is -2.38. The highest BCUT2D eigenvalue weighted by Gasteiger charge is 2.28. The van der Waals surface area contributed by atoms with Crippen LogP contribution in [0.25, 0.3) is 0 Å². The topological polar surface area (TPSA) is 49.8 Å². The molecule has 1 aromatic heterocycles. The third-order valence-corrected chi connectivity index (χ3v) is 6.31. The zero-order valence-electron chi connectivity index (χ0n) is 16.0. The first-order chi connectivity index (χ1) is 13.2. The molecule has 1 saturated heterocycles. The lowest BCUT2D eigenvalue weighted by Crippen LogP contribution is -2.50. The largest absolute Gasteiger partial charge is 0.367 e. The number of ether oxygens (including phenoxy) is 1. The van der Waals surface area contributed by atoms with Crippen molar-refractivity contribution in [3.8, 4) is 0 Å². The fourth-order valence-corrected chi connectivity index (χ4v) is 4.68. The van der Waals surface area contributed by atoms with Gasteiger partial charge in [0.2, 0.25) is 0 Å². The van der Waals surface area contributed by atoms with Gasteiger partial charge in [-0.1, -0.05) is 23.9 Å². The van der Waals surface area contributed by atoms with Gasteiger partial charge in [0.15, 0.2) is 5.96 Å². The van der Waals surface area contributed by atoms with Crippen molar-refractivity contribution >= 4 is 53.0 Å². The molecule has 5 nitrogen and oxygen atoms in total. The van der Waals surface area contributed by atoms with Gasteiger partial charge < -0.3 is 15.0 Å². The summed E-state index contributed by atoms with van der Waals surface area (Å²) in [5.41, 5.74) is 0.989. The molecule has 1 fully saturated rings. The summed E-state index contributed by atoms with van der Waals surface area (Å²) in [5, 5.41) is 5.45. The standard InChI is InChI=1S/C19H25FN4OS2.HI/c1-14-12-24(13-17(25-14)15-4-6-16(20)7-5-15)18(21-2)22-8-3-10-26-19-23-9-11-27-19;/h4-7,9,11,14,17H,3,8,10,12-13H2,1-2H3,(H,21,22);1H. The maximum Gasteiger partial charge on any atom is 0.193 e. The number of benzene rings is 1. The minimum Gasteiger partial charge on any atom is -0.367 e. The van der Waals surface area contributed by atoms with E-state index in [0.717, 1.165) is 41.1 Å². The minimum absolute atomic E-state index is 0. The maximum atomic E-state index is 13.2. The molecule has 2 unspecified atom stereocenters. The Kier molecular flexibility index (Phi) is 9.96. The molecule has 9 heteroatoms. The Morgan fingerprint density at radius 1 is 1.39 bits per heavy atom. The Balaban J connectivity index is 0.00000280. The minimum atomic E-state index is -0.229. The van der Waals surface area contributed by atoms with E-state index in [1.165, 1.54) is 12.1 Å². The summed E-state index contributed by atoms with van der Waals surface area (Å²) in [6.07, 6.45) is 2.86. The Morgan fingerprint density at radius 3 is 2.86 bits per heavy atom. The van der Waals surface area contributed by atoms with Gasteiger partial charge in [0.25, 0.3) is 0 Å². The molecule has 0 bridgehead atoms. The zero-order chi connectivity index (χ0) is 19.1. The van der Waals surface area contributed by atoms with Crippen LogP contribution in [0.4, 0.5) is 4.39 Å². The first-order valence-electron chi connectivity index (χ1n) is 9.04. The Bertz CT molecular complexity index is 730. The lowest BCUT2D eigenvalue weighted by atomic mass is 10.1. The summed E-state index contributed by atoms with van der Waals surface area (Å²) in [6, 6.07) is 6.55. The van der Waals surface area contributed by atoms with Gasteiger partial charge >= 0.3 is 0 Å². The number of nitrogens with zero attached hydrogens (tertiary/aromatic N) is 3. The first kappa shape index (κ1) is 23.4. The predicted molar refractivity (Wildman–Crippen MR) is 125 cm³/mol. The molecule has 0 saturated carbocycles. The normalized spacial score (nSPS) is 20.0. The summed E-state index contributed by atoms with van der Waals surface area (Å²) in [7, 11) is 1.81. The van der Waals surface area contributed by atoms with Gasteiger partial charge in [0.05, 0.1) is 12.6 Å². The highest BCUT2D eigenvalue weighted by atomic mass is 127. The number of hydrogen-bond donors (Lipinski definition) is 1. The summed E-state index contributed by atoms with van der Waals surface area (Å²) in [6.45, 7) is 4.40. The number of rotatable bonds is 6. The Morgan fingerprint density at radius 2 is 2.18 bits per heavy atom. The highest BCUT2D eigenvalue weighted by molar-refractivity contribution is 14.0. The van der Waals surface area contributed by atoms with Crippen LogP contribution in [0.3, 0.4) is 0 Å². The van der Waals surface area contributed by atoms with Gasteiger partial charge in [-0.05, 0) is 31.0 Å². The van der Waals surface area contributed by atoms with E-state index in [4.69, 9.17) is 4.74 Å². The number of nitrogens with one attached hydrogen (secondary N) is 1. The van der Waals surface area contributed by atoms with Crippen molar-refractivity contribution in [1.29, 1.82) is 0 Å². The molecule has 0 spiro atoms. The molecule has 28 heavy (non-hydrogen) atoms. The van der Waals surface area contributed by atoms with Gasteiger partial charge in [0.1, 0.15) is 16.3 Å². The van der Waals surface area contributed by atoms with Crippen LogP contribution in [0.1, 0.15) is 25.0 Å². The number of morpholine rings is 1. The molecular formula is C19H26FIN4OS2. The van der Waals surface area contributed by atoms with Crippen LogP contribution in [-0.2, 0) is 4.74 Å². The molecule has 2 heterocycles. The van der Waals surface area contributed by atoms with Crippen LogP contribution in [0.5, 0.6) is 0 Å². The third-order valence-electron chi connectivity index (χ3n) is 4.25. The second kappa shape index (κ2) is 11.9. The molecule has 0 amide bonds. The summed E-state index contributed by atoms with van der Waals surface area (Å²) < 4.78 is 20.4. The maximum absolute atomic E-state index is 13.2. The number of guanidine groups is 1. The molecule has 3 rings (SSSR count). The molecule has 1 aromatic carbocycles. The van der Waals surface area contributed by atoms with Crippen molar-refractivity contribution < 1.29 is 9.13 Å². The molecule has 154 valence electrons. The van der Waals surface area contributed by atoms with Gasteiger partial charge in [0, 0.05) is 37.5 Å². The lowest BCUT2D eigenvalue weighted by molar-refractivity contribution is -0.0604. The van der Waals surface area contributed by atoms with E-state index in [9.17, 15) is 4.39 Å². The van der Waals surface area contributed by atoms with E-state index < -0.39 is 0 Å². The zero-order valence-corrected chi connectivity index (χ0v) is 20.0. The quantitative estimate of drug-likeness (QED) is 0.195. The van der Waals surface area contributed by atoms with E-state index in [0.29, 0.717) is 6.54 Å². The number of thioether (sulfide) groups is 1. The van der Waals surface area contributed by atoms with Crippen LogP contribution in [0.2, 0.25) is 0 Å². The highest BCUT2D eigenvalue weighted by Crippen LogP contribution is 2.25. The van der Waals surface area contributed by atoms with Crippen LogP contribution in [-0.4, -0.2) is 54.4 Å². The second-order valence-corrected chi connectivity index (χ2v) is 8.60. The average molecular weight is 536 g/mol. The Hall–Kier alpha value is -0.910. The molecule has 2 aromatic rings. The summed E-state index contributed by atoms with van der Waals surface area (Å²) >= 11 is 3.46. The van der Waals surface area contributed by atoms with E-state index >= 15 is 0 Å². The monoisotopic (exact) mass is 536 g/mol. The van der Waals surface area contributed by atoms with Crippen molar-refractivity contribution in [2.45, 2.75) is 29.9 Å². The molecule has 1 aliphatic heterocycles. The van der Waals surface area contributed by atoms with Crippen LogP contribution < -0.4 is 5.32 Å². The number of hydrogen-bond acceptors (Lipinski definition) is 5. The molecular weight excluding hydrogens is 510 g/mol. The summed E-state index contributed by atoms with van der Waals surface area (Å²) in [5.74, 6) is 1.68. The van der Waals surface area contributed by atoms with Gasteiger partial charge in [-0.25, -0.2) is 9.37 Å². The Labute approximate surface area is 191 Å². The van der Waals surface area contributed by atoms with Gasteiger partial charge in [-0.3, -0.25) is 4.99 Å². The van der Waals surface area contributed by atoms with Crippen molar-refractivity contribution in [3.63, 3.8) is 0 Å². The van der Waals surface area contributed by atoms with E-state index in [1.54, 1.807) is 42.3 Å². The van der Waals surface area contributed by atoms with E-state index in [-0.39, 0.29) is 42.0 Å². The SMILES string of the molecule is CN=C(NCCCSc1nccs1)N1CC(C)OC(c2ccc(F)cc2)C1.I. The van der Waals surface area contributed by atoms with Crippen molar-refractivity contribution in [3.05, 3.63) is 47.2 Å². The van der Waals surface area contributed by atoms with Gasteiger partial charge in [-0.2, -0.15) is 0 Å². The number of aromatic nitrogens is 1. The van der Waals surface area contributed by atoms with Crippen molar-refractivity contribution in [2.75, 3.05) is 32.4 Å². The second-order valence-electron chi connectivity index (χ2n) is 6.37. The molecule has 1 aliphatic rings. The molecule has 0 aliphatic carbocycles. The van der Waals surface area contributed by atoms with Gasteiger partial charge in [-0.15, -0.1) is 35.3 Å². The third kappa shape index (κ3) is 6.85. The van der Waals surface area contributed by atoms with Crippen molar-refractivity contribution in [2.24, 2.45) is 4.99 Å². The predicted octanol–water partition coefficient (Wildman–Crippen LogP) is 4.42. The fraction of sp³-hybridized carbons (Fsp3) is 0.474. The van der Waals surface area contributed by atoms with Crippen LogP contribution in [0.15, 0.2) is 45.2 Å². The average Bonchev–Trinajstić information content (AvgIpc) is 3.18.